The maximum atomic E-state index is 13.3. The van der Waals surface area contributed by atoms with Crippen LogP contribution in [0.3, 0.4) is 0 Å². The molecule has 0 unspecified atom stereocenters. The van der Waals surface area contributed by atoms with E-state index in [4.69, 9.17) is 16.3 Å². The average Bonchev–Trinajstić information content (AvgIpc) is 3.05. The lowest BCUT2D eigenvalue weighted by atomic mass is 9.97. The quantitative estimate of drug-likeness (QED) is 0.741. The number of carbonyl (C=O) groups excluding carboxylic acids is 2. The topological polar surface area (TPSA) is 58.6 Å². The number of rotatable bonds is 5. The van der Waals surface area contributed by atoms with Crippen LogP contribution in [0, 0.1) is 0 Å². The fourth-order valence-electron chi connectivity index (χ4n) is 3.82. The van der Waals surface area contributed by atoms with Crippen LogP contribution in [0.15, 0.2) is 24.3 Å². The van der Waals surface area contributed by atoms with E-state index in [2.05, 4.69) is 10.2 Å². The molecule has 0 atom stereocenters. The van der Waals surface area contributed by atoms with Crippen LogP contribution < -0.4 is 5.32 Å². The van der Waals surface area contributed by atoms with E-state index in [1.165, 1.54) is 17.8 Å². The van der Waals surface area contributed by atoms with Crippen molar-refractivity contribution in [1.29, 1.82) is 0 Å². The number of anilines is 1. The number of halogens is 1. The predicted octanol–water partition coefficient (Wildman–Crippen LogP) is 4.13. The van der Waals surface area contributed by atoms with Crippen molar-refractivity contribution in [2.24, 2.45) is 0 Å². The Labute approximate surface area is 173 Å². The van der Waals surface area contributed by atoms with Gasteiger partial charge in [-0.2, -0.15) is 0 Å². The highest BCUT2D eigenvalue weighted by Gasteiger charge is 2.28. The molecule has 1 amide bonds. The largest absolute Gasteiger partial charge is 0.376 e. The standard InChI is InChI=1S/C21H23ClN2O3S/c22-15-6-4-5-14(11-15)20(26)19-16-7-10-27-13-17(16)28-21(19)23-18(25)12-24-8-2-1-3-9-24/h4-6,11H,1-3,7-10,12-13H2,(H,23,25). The van der Waals surface area contributed by atoms with E-state index >= 15 is 0 Å². The van der Waals surface area contributed by atoms with Crippen LogP contribution in [0.5, 0.6) is 0 Å². The lowest BCUT2D eigenvalue weighted by molar-refractivity contribution is -0.117. The summed E-state index contributed by atoms with van der Waals surface area (Å²) in [5.74, 6) is -0.170. The normalized spacial score (nSPS) is 17.2. The first-order valence-electron chi connectivity index (χ1n) is 9.66. The van der Waals surface area contributed by atoms with Crippen molar-refractivity contribution >= 4 is 39.6 Å². The van der Waals surface area contributed by atoms with Crippen molar-refractivity contribution in [2.75, 3.05) is 31.6 Å². The van der Waals surface area contributed by atoms with Crippen LogP contribution in [-0.2, 0) is 22.6 Å². The van der Waals surface area contributed by atoms with E-state index in [9.17, 15) is 9.59 Å². The van der Waals surface area contributed by atoms with Crippen LogP contribution in [0.1, 0.15) is 45.6 Å². The summed E-state index contributed by atoms with van der Waals surface area (Å²) < 4.78 is 5.55. The van der Waals surface area contributed by atoms with E-state index in [0.29, 0.717) is 47.3 Å². The third-order valence-electron chi connectivity index (χ3n) is 5.20. The molecule has 0 spiro atoms. The predicted molar refractivity (Wildman–Crippen MR) is 111 cm³/mol. The van der Waals surface area contributed by atoms with E-state index in [1.54, 1.807) is 24.3 Å². The zero-order chi connectivity index (χ0) is 19.5. The number of amides is 1. The molecule has 3 heterocycles. The van der Waals surface area contributed by atoms with Crippen molar-refractivity contribution in [3.05, 3.63) is 50.9 Å². The molecule has 0 radical (unpaired) electrons. The molecule has 1 fully saturated rings. The van der Waals surface area contributed by atoms with Gasteiger partial charge >= 0.3 is 0 Å². The van der Waals surface area contributed by atoms with Crippen molar-refractivity contribution in [3.63, 3.8) is 0 Å². The van der Waals surface area contributed by atoms with Gasteiger partial charge in [-0.1, -0.05) is 30.2 Å². The number of benzene rings is 1. The second-order valence-electron chi connectivity index (χ2n) is 7.23. The summed E-state index contributed by atoms with van der Waals surface area (Å²) in [5, 5.41) is 4.16. The molecule has 4 rings (SSSR count). The van der Waals surface area contributed by atoms with Gasteiger partial charge < -0.3 is 10.1 Å². The molecule has 2 aliphatic heterocycles. The number of hydrogen-bond donors (Lipinski definition) is 1. The number of nitrogens with zero attached hydrogens (tertiary/aromatic N) is 1. The van der Waals surface area contributed by atoms with Crippen molar-refractivity contribution in [1.82, 2.24) is 4.90 Å². The third-order valence-corrected chi connectivity index (χ3v) is 6.56. The first kappa shape index (κ1) is 19.6. The summed E-state index contributed by atoms with van der Waals surface area (Å²) in [6, 6.07) is 6.95. The highest BCUT2D eigenvalue weighted by atomic mass is 35.5. The smallest absolute Gasteiger partial charge is 0.239 e. The first-order chi connectivity index (χ1) is 13.6. The minimum absolute atomic E-state index is 0.0680. The summed E-state index contributed by atoms with van der Waals surface area (Å²) in [7, 11) is 0. The van der Waals surface area contributed by atoms with Crippen molar-refractivity contribution < 1.29 is 14.3 Å². The van der Waals surface area contributed by atoms with Crippen LogP contribution in [0.4, 0.5) is 5.00 Å². The molecule has 1 aromatic carbocycles. The van der Waals surface area contributed by atoms with Gasteiger partial charge in [-0.25, -0.2) is 0 Å². The number of ketones is 1. The Morgan fingerprint density at radius 3 is 2.82 bits per heavy atom. The lowest BCUT2D eigenvalue weighted by Gasteiger charge is -2.25. The van der Waals surface area contributed by atoms with Crippen LogP contribution in [-0.4, -0.2) is 42.8 Å². The van der Waals surface area contributed by atoms with Gasteiger partial charge in [-0.15, -0.1) is 11.3 Å². The summed E-state index contributed by atoms with van der Waals surface area (Å²) in [6.07, 6.45) is 4.18. The molecule has 7 heteroatoms. The minimum Gasteiger partial charge on any atom is -0.376 e. The summed E-state index contributed by atoms with van der Waals surface area (Å²) >= 11 is 7.53. The Morgan fingerprint density at radius 2 is 2.04 bits per heavy atom. The monoisotopic (exact) mass is 418 g/mol. The second kappa shape index (κ2) is 8.74. The van der Waals surface area contributed by atoms with Crippen molar-refractivity contribution in [2.45, 2.75) is 32.3 Å². The number of nitrogens with one attached hydrogen (secondary N) is 1. The van der Waals surface area contributed by atoms with Gasteiger partial charge in [0.1, 0.15) is 5.00 Å². The summed E-state index contributed by atoms with van der Waals surface area (Å²) in [4.78, 5) is 29.1. The minimum atomic E-state index is -0.102. The maximum absolute atomic E-state index is 13.3. The molecule has 2 aromatic rings. The molecule has 0 aliphatic carbocycles. The lowest BCUT2D eigenvalue weighted by Crippen LogP contribution is -2.36. The Balaban J connectivity index is 1.60. The molecule has 148 valence electrons. The first-order valence-corrected chi connectivity index (χ1v) is 10.9. The van der Waals surface area contributed by atoms with E-state index in [0.717, 1.165) is 36.4 Å². The van der Waals surface area contributed by atoms with Gasteiger partial charge in [0.05, 0.1) is 25.3 Å². The molecule has 1 saturated heterocycles. The fourth-order valence-corrected chi connectivity index (χ4v) is 5.21. The summed E-state index contributed by atoms with van der Waals surface area (Å²) in [5.41, 5.74) is 2.12. The molecular formula is C21H23ClN2O3S. The van der Waals surface area contributed by atoms with Gasteiger partial charge in [-0.3, -0.25) is 14.5 Å². The Morgan fingerprint density at radius 1 is 1.21 bits per heavy atom. The number of fused-ring (bicyclic) bond motifs is 1. The molecule has 5 nitrogen and oxygen atoms in total. The highest BCUT2D eigenvalue weighted by Crippen LogP contribution is 2.38. The maximum Gasteiger partial charge on any atom is 0.239 e. The third kappa shape index (κ3) is 4.30. The number of ether oxygens (including phenoxy) is 1. The Hall–Kier alpha value is -1.73. The van der Waals surface area contributed by atoms with Gasteiger partial charge in [0.15, 0.2) is 5.78 Å². The molecule has 0 saturated carbocycles. The van der Waals surface area contributed by atoms with E-state index in [1.807, 2.05) is 0 Å². The summed E-state index contributed by atoms with van der Waals surface area (Å²) in [6.45, 7) is 3.34. The number of piperidine rings is 1. The molecule has 28 heavy (non-hydrogen) atoms. The van der Waals surface area contributed by atoms with E-state index in [-0.39, 0.29) is 11.7 Å². The molecule has 2 aliphatic rings. The highest BCUT2D eigenvalue weighted by molar-refractivity contribution is 7.17. The molecule has 0 bridgehead atoms. The Kier molecular flexibility index (Phi) is 6.11. The molecule has 1 aromatic heterocycles. The van der Waals surface area contributed by atoms with Gasteiger partial charge in [-0.05, 0) is 50.0 Å². The zero-order valence-electron chi connectivity index (χ0n) is 15.6. The van der Waals surface area contributed by atoms with Crippen LogP contribution in [0.2, 0.25) is 5.02 Å². The van der Waals surface area contributed by atoms with Crippen molar-refractivity contribution in [3.8, 4) is 0 Å². The van der Waals surface area contributed by atoms with Crippen LogP contribution >= 0.6 is 22.9 Å². The SMILES string of the molecule is O=C(CN1CCCCC1)Nc1sc2c(c1C(=O)c1cccc(Cl)c1)CCOC2. The van der Waals surface area contributed by atoms with Gasteiger partial charge in [0.25, 0.3) is 0 Å². The number of carbonyl (C=O) groups is 2. The van der Waals surface area contributed by atoms with Gasteiger partial charge in [0.2, 0.25) is 5.91 Å². The fraction of sp³-hybridized carbons (Fsp3) is 0.429. The van der Waals surface area contributed by atoms with E-state index < -0.39 is 0 Å². The second-order valence-corrected chi connectivity index (χ2v) is 8.78. The average molecular weight is 419 g/mol. The van der Waals surface area contributed by atoms with Gasteiger partial charge in [0, 0.05) is 15.5 Å². The number of likely N-dealkylation sites (tertiary alicyclic amines) is 1. The number of hydrogen-bond acceptors (Lipinski definition) is 5. The molecular weight excluding hydrogens is 396 g/mol. The molecule has 1 N–H and O–H groups in total. The zero-order valence-corrected chi connectivity index (χ0v) is 17.2. The number of thiophene rings is 1. The van der Waals surface area contributed by atoms with Crippen LogP contribution in [0.25, 0.3) is 0 Å². The Bertz CT molecular complexity index is 890.